The molecule has 0 aliphatic carbocycles. The number of pyridine rings is 1. The number of hydrogen-bond acceptors (Lipinski definition) is 4. The zero-order chi connectivity index (χ0) is 18.2. The normalized spacial score (nSPS) is 20.5. The van der Waals surface area contributed by atoms with Crippen LogP contribution in [0.15, 0.2) is 30.3 Å². The monoisotopic (exact) mass is 339 g/mol. The van der Waals surface area contributed by atoms with Gasteiger partial charge in [0.1, 0.15) is 11.8 Å². The largest absolute Gasteiger partial charge is 0.465 e. The summed E-state index contributed by atoms with van der Waals surface area (Å²) in [6.07, 6.45) is 0.294. The van der Waals surface area contributed by atoms with Gasteiger partial charge in [0, 0.05) is 23.8 Å². The van der Waals surface area contributed by atoms with Gasteiger partial charge in [0.2, 0.25) is 5.88 Å². The highest BCUT2D eigenvalue weighted by Gasteiger charge is 2.54. The second kappa shape index (κ2) is 5.92. The van der Waals surface area contributed by atoms with Crippen molar-refractivity contribution in [1.29, 1.82) is 5.26 Å². The van der Waals surface area contributed by atoms with Crippen molar-refractivity contribution in [1.82, 2.24) is 9.88 Å². The Balaban J connectivity index is 2.18. The van der Waals surface area contributed by atoms with Gasteiger partial charge in [-0.15, -0.1) is 0 Å². The average molecular weight is 339 g/mol. The van der Waals surface area contributed by atoms with E-state index in [-0.39, 0.29) is 5.69 Å². The Hall–Kier alpha value is -2.81. The lowest BCUT2D eigenvalue weighted by Gasteiger charge is -2.46. The number of ether oxygens (including phenoxy) is 1. The van der Waals surface area contributed by atoms with Crippen LogP contribution in [-0.4, -0.2) is 33.4 Å². The van der Waals surface area contributed by atoms with Crippen molar-refractivity contribution in [3.05, 3.63) is 36.0 Å². The van der Waals surface area contributed by atoms with E-state index in [0.29, 0.717) is 18.8 Å². The predicted octanol–water partition coefficient (Wildman–Crippen LogP) is 4.00. The summed E-state index contributed by atoms with van der Waals surface area (Å²) in [6.45, 7) is 6.31. The first-order valence-electron chi connectivity index (χ1n) is 8.28. The predicted molar refractivity (Wildman–Crippen MR) is 93.2 cm³/mol. The van der Waals surface area contributed by atoms with E-state index >= 15 is 0 Å². The van der Waals surface area contributed by atoms with E-state index in [2.05, 4.69) is 4.98 Å². The molecule has 6 nitrogen and oxygen atoms in total. The highest BCUT2D eigenvalue weighted by atomic mass is 16.5. The number of aromatic nitrogens is 1. The number of carboxylic acid groups (broad SMARTS) is 1. The third-order valence-corrected chi connectivity index (χ3v) is 4.82. The van der Waals surface area contributed by atoms with Crippen molar-refractivity contribution in [2.24, 2.45) is 5.41 Å². The molecule has 6 heteroatoms. The van der Waals surface area contributed by atoms with Crippen molar-refractivity contribution in [3.8, 4) is 11.9 Å². The Morgan fingerprint density at radius 3 is 2.76 bits per heavy atom. The summed E-state index contributed by atoms with van der Waals surface area (Å²) in [7, 11) is 0. The SMILES string of the molecule is CC(C)(C)[C@@]1(Oc2nc(C#N)cc3ccccc23)CCCN1C(=O)O. The first-order valence-corrected chi connectivity index (χ1v) is 8.28. The van der Waals surface area contributed by atoms with Gasteiger partial charge in [0.05, 0.1) is 0 Å². The first-order chi connectivity index (χ1) is 11.8. The summed E-state index contributed by atoms with van der Waals surface area (Å²) in [5, 5.41) is 20.6. The lowest BCUT2D eigenvalue weighted by atomic mass is 9.81. The summed E-state index contributed by atoms with van der Waals surface area (Å²) in [6, 6.07) is 11.3. The third-order valence-electron chi connectivity index (χ3n) is 4.82. The maximum absolute atomic E-state index is 11.8. The van der Waals surface area contributed by atoms with E-state index < -0.39 is 17.2 Å². The van der Waals surface area contributed by atoms with Gasteiger partial charge in [0.15, 0.2) is 5.72 Å². The Kier molecular flexibility index (Phi) is 4.03. The Morgan fingerprint density at radius 1 is 1.40 bits per heavy atom. The zero-order valence-corrected chi connectivity index (χ0v) is 14.6. The van der Waals surface area contributed by atoms with Gasteiger partial charge in [-0.2, -0.15) is 5.26 Å². The lowest BCUT2D eigenvalue weighted by molar-refractivity contribution is -0.121. The molecule has 130 valence electrons. The van der Waals surface area contributed by atoms with Crippen LogP contribution < -0.4 is 4.74 Å². The summed E-state index contributed by atoms with van der Waals surface area (Å²) >= 11 is 0. The standard InChI is InChI=1S/C19H21N3O3/c1-18(2,3)19(9-6-10-22(19)17(23)24)25-16-15-8-5-4-7-13(15)11-14(12-20)21-16/h4-5,7-8,11H,6,9-10H2,1-3H3,(H,23,24)/t19-/m0/s1. The van der Waals surface area contributed by atoms with E-state index in [4.69, 9.17) is 4.74 Å². The molecule has 2 heterocycles. The molecule has 0 unspecified atom stereocenters. The molecule has 0 spiro atoms. The molecule has 1 saturated heterocycles. The van der Waals surface area contributed by atoms with E-state index in [1.54, 1.807) is 6.07 Å². The van der Waals surface area contributed by atoms with Crippen molar-refractivity contribution >= 4 is 16.9 Å². The van der Waals surface area contributed by atoms with Crippen LogP contribution in [0.2, 0.25) is 0 Å². The second-order valence-corrected chi connectivity index (χ2v) is 7.32. The minimum Gasteiger partial charge on any atom is -0.465 e. The molecule has 1 aromatic carbocycles. The van der Waals surface area contributed by atoms with Gasteiger partial charge in [-0.25, -0.2) is 9.78 Å². The Labute approximate surface area is 146 Å². The number of rotatable bonds is 2. The van der Waals surface area contributed by atoms with Crippen LogP contribution >= 0.6 is 0 Å². The van der Waals surface area contributed by atoms with Crippen LogP contribution in [-0.2, 0) is 0 Å². The maximum Gasteiger partial charge on any atom is 0.410 e. The molecule has 3 rings (SSSR count). The van der Waals surface area contributed by atoms with Crippen LogP contribution in [0.3, 0.4) is 0 Å². The van der Waals surface area contributed by atoms with Crippen LogP contribution in [0.4, 0.5) is 4.79 Å². The number of hydrogen-bond donors (Lipinski definition) is 1. The highest BCUT2D eigenvalue weighted by molar-refractivity contribution is 5.87. The lowest BCUT2D eigenvalue weighted by Crippen LogP contribution is -2.59. The molecular weight excluding hydrogens is 318 g/mol. The number of fused-ring (bicyclic) bond motifs is 1. The van der Waals surface area contributed by atoms with Crippen molar-refractivity contribution < 1.29 is 14.6 Å². The number of amides is 1. The van der Waals surface area contributed by atoms with Crippen LogP contribution in [0, 0.1) is 16.7 Å². The minimum atomic E-state index is -1.03. The summed E-state index contributed by atoms with van der Waals surface area (Å²) in [4.78, 5) is 17.5. The molecule has 2 aromatic rings. The molecule has 1 N–H and O–H groups in total. The average Bonchev–Trinajstić information content (AvgIpc) is 2.99. The van der Waals surface area contributed by atoms with E-state index in [1.165, 1.54) is 4.90 Å². The third kappa shape index (κ3) is 2.76. The summed E-state index contributed by atoms with van der Waals surface area (Å²) in [5.41, 5.74) is -1.24. The van der Waals surface area contributed by atoms with Gasteiger partial charge >= 0.3 is 6.09 Å². The molecule has 1 aromatic heterocycles. The van der Waals surface area contributed by atoms with Crippen LogP contribution in [0.25, 0.3) is 10.8 Å². The number of benzene rings is 1. The fourth-order valence-electron chi connectivity index (χ4n) is 3.54. The molecule has 0 bridgehead atoms. The van der Waals surface area contributed by atoms with Gasteiger partial charge in [-0.05, 0) is 23.9 Å². The van der Waals surface area contributed by atoms with E-state index in [0.717, 1.165) is 17.2 Å². The molecule has 1 amide bonds. The first kappa shape index (κ1) is 17.0. The highest BCUT2D eigenvalue weighted by Crippen LogP contribution is 2.45. The molecule has 1 aliphatic heterocycles. The fourth-order valence-corrected chi connectivity index (χ4v) is 3.54. The quantitative estimate of drug-likeness (QED) is 0.893. The second-order valence-electron chi connectivity index (χ2n) is 7.32. The maximum atomic E-state index is 11.8. The Bertz CT molecular complexity index is 866. The minimum absolute atomic E-state index is 0.248. The molecule has 0 saturated carbocycles. The number of carbonyl (C=O) groups is 1. The number of nitrogens with zero attached hydrogens (tertiary/aromatic N) is 3. The van der Waals surface area contributed by atoms with Crippen LogP contribution in [0.5, 0.6) is 5.88 Å². The molecular formula is C19H21N3O3. The molecule has 25 heavy (non-hydrogen) atoms. The summed E-state index contributed by atoms with van der Waals surface area (Å²) in [5.74, 6) is 0.303. The number of likely N-dealkylation sites (tertiary alicyclic amines) is 1. The molecule has 1 atom stereocenters. The van der Waals surface area contributed by atoms with Crippen molar-refractivity contribution in [2.45, 2.75) is 39.3 Å². The van der Waals surface area contributed by atoms with E-state index in [9.17, 15) is 15.2 Å². The Morgan fingerprint density at radius 2 is 2.12 bits per heavy atom. The van der Waals surface area contributed by atoms with E-state index in [1.807, 2.05) is 51.1 Å². The van der Waals surface area contributed by atoms with Gasteiger partial charge in [-0.3, -0.25) is 4.90 Å². The van der Waals surface area contributed by atoms with Crippen LogP contribution in [0.1, 0.15) is 39.3 Å². The van der Waals surface area contributed by atoms with Crippen molar-refractivity contribution in [2.75, 3.05) is 6.54 Å². The van der Waals surface area contributed by atoms with Gasteiger partial charge in [0.25, 0.3) is 0 Å². The smallest absolute Gasteiger partial charge is 0.410 e. The fraction of sp³-hybridized carbons (Fsp3) is 0.421. The number of nitriles is 1. The zero-order valence-electron chi connectivity index (χ0n) is 14.6. The van der Waals surface area contributed by atoms with Crippen molar-refractivity contribution in [3.63, 3.8) is 0 Å². The molecule has 1 fully saturated rings. The summed E-state index contributed by atoms with van der Waals surface area (Å²) < 4.78 is 6.34. The molecule has 0 radical (unpaired) electrons. The van der Waals surface area contributed by atoms with Gasteiger partial charge < -0.3 is 9.84 Å². The molecule has 1 aliphatic rings. The topological polar surface area (TPSA) is 86.5 Å². The van der Waals surface area contributed by atoms with Gasteiger partial charge in [-0.1, -0.05) is 39.0 Å².